The lowest BCUT2D eigenvalue weighted by Crippen LogP contribution is -1.92. The van der Waals surface area contributed by atoms with Crippen LogP contribution in [0.4, 0.5) is 0 Å². The molecule has 1 aliphatic carbocycles. The van der Waals surface area contributed by atoms with Crippen LogP contribution in [0.3, 0.4) is 0 Å². The molecule has 0 heterocycles. The van der Waals surface area contributed by atoms with Crippen LogP contribution in [0.5, 0.6) is 11.5 Å². The molecule has 0 saturated heterocycles. The molecule has 0 unspecified atom stereocenters. The summed E-state index contributed by atoms with van der Waals surface area (Å²) in [6.07, 6.45) is 0. The van der Waals surface area contributed by atoms with E-state index in [-0.39, 0.29) is 0 Å². The average Bonchev–Trinajstić information content (AvgIpc) is 3.20. The Kier molecular flexibility index (Phi) is 4.74. The van der Waals surface area contributed by atoms with Crippen molar-refractivity contribution in [2.24, 2.45) is 0 Å². The second-order valence-electron chi connectivity index (χ2n) is 8.20. The van der Waals surface area contributed by atoms with Gasteiger partial charge < -0.3 is 9.47 Å². The zero-order chi connectivity index (χ0) is 22.5. The van der Waals surface area contributed by atoms with E-state index in [1.807, 2.05) is 24.3 Å². The maximum atomic E-state index is 5.40. The van der Waals surface area contributed by atoms with E-state index in [4.69, 9.17) is 9.47 Å². The third kappa shape index (κ3) is 3.07. The maximum absolute atomic E-state index is 5.40. The Balaban J connectivity index is 1.71. The van der Waals surface area contributed by atoms with E-state index < -0.39 is 0 Å². The number of hydrogen-bond acceptors (Lipinski definition) is 2. The van der Waals surface area contributed by atoms with Crippen LogP contribution in [0.1, 0.15) is 0 Å². The first-order valence-corrected chi connectivity index (χ1v) is 11.7. The van der Waals surface area contributed by atoms with E-state index in [2.05, 4.69) is 82.7 Å². The van der Waals surface area contributed by atoms with Crippen molar-refractivity contribution in [1.29, 1.82) is 0 Å². The molecule has 0 aliphatic heterocycles. The van der Waals surface area contributed by atoms with E-state index in [9.17, 15) is 0 Å². The van der Waals surface area contributed by atoms with Crippen LogP contribution in [0.2, 0.25) is 0 Å². The molecule has 0 radical (unpaired) electrons. The number of halogens is 1. The van der Waals surface area contributed by atoms with Crippen molar-refractivity contribution >= 4 is 26.7 Å². The van der Waals surface area contributed by atoms with E-state index in [0.717, 1.165) is 21.5 Å². The zero-order valence-corrected chi connectivity index (χ0v) is 19.9. The number of fused-ring (bicyclic) bond motifs is 3. The average molecular weight is 493 g/mol. The highest BCUT2D eigenvalue weighted by Crippen LogP contribution is 2.56. The predicted octanol–water partition coefficient (Wildman–Crippen LogP) is 8.60. The van der Waals surface area contributed by atoms with Gasteiger partial charge in [0.1, 0.15) is 11.5 Å². The van der Waals surface area contributed by atoms with Crippen LogP contribution in [0.15, 0.2) is 95.5 Å². The lowest BCUT2D eigenvalue weighted by Gasteiger charge is -2.18. The van der Waals surface area contributed by atoms with Crippen molar-refractivity contribution in [3.8, 4) is 56.0 Å². The van der Waals surface area contributed by atoms with Gasteiger partial charge in [-0.2, -0.15) is 0 Å². The smallest absolute Gasteiger partial charge is 0.118 e. The molecule has 5 aromatic carbocycles. The summed E-state index contributed by atoms with van der Waals surface area (Å²) < 4.78 is 11.9. The van der Waals surface area contributed by atoms with E-state index in [0.29, 0.717) is 0 Å². The lowest BCUT2D eigenvalue weighted by atomic mass is 9.88. The summed E-state index contributed by atoms with van der Waals surface area (Å²) >= 11 is 3.94. The Morgan fingerprint density at radius 1 is 0.545 bits per heavy atom. The van der Waals surface area contributed by atoms with Crippen LogP contribution in [-0.2, 0) is 0 Å². The number of ether oxygens (including phenoxy) is 2. The Morgan fingerprint density at radius 2 is 1.09 bits per heavy atom. The summed E-state index contributed by atoms with van der Waals surface area (Å²) in [6.45, 7) is 0. The summed E-state index contributed by atoms with van der Waals surface area (Å²) in [5.41, 5.74) is 9.84. The Morgan fingerprint density at radius 3 is 1.67 bits per heavy atom. The first-order chi connectivity index (χ1) is 16.2. The van der Waals surface area contributed by atoms with Crippen molar-refractivity contribution in [2.75, 3.05) is 14.2 Å². The highest BCUT2D eigenvalue weighted by molar-refractivity contribution is 9.10. The number of benzene rings is 5. The molecular formula is C30H21BrO2. The SMILES string of the molecule is COc1ccc(-c2cc(Br)c(-c3ccc(OC)cc3)c3c2-c2cccc4cccc-3c24)cc1. The van der Waals surface area contributed by atoms with Crippen LogP contribution in [-0.4, -0.2) is 14.2 Å². The summed E-state index contributed by atoms with van der Waals surface area (Å²) in [7, 11) is 3.40. The first-order valence-electron chi connectivity index (χ1n) is 10.9. The van der Waals surface area contributed by atoms with Gasteiger partial charge in [-0.15, -0.1) is 0 Å². The van der Waals surface area contributed by atoms with Gasteiger partial charge in [0, 0.05) is 10.0 Å². The molecule has 0 saturated carbocycles. The van der Waals surface area contributed by atoms with Crippen LogP contribution >= 0.6 is 15.9 Å². The maximum Gasteiger partial charge on any atom is 0.118 e. The quantitative estimate of drug-likeness (QED) is 0.245. The third-order valence-electron chi connectivity index (χ3n) is 6.50. The third-order valence-corrected chi connectivity index (χ3v) is 7.13. The molecule has 0 N–H and O–H groups in total. The second-order valence-corrected chi connectivity index (χ2v) is 9.05. The molecule has 0 aromatic heterocycles. The first kappa shape index (κ1) is 20.1. The second kappa shape index (κ2) is 7.79. The van der Waals surface area contributed by atoms with E-state index in [1.165, 1.54) is 49.7 Å². The number of hydrogen-bond donors (Lipinski definition) is 0. The molecule has 0 spiro atoms. The number of rotatable bonds is 4. The van der Waals surface area contributed by atoms with Gasteiger partial charge in [-0.25, -0.2) is 0 Å². The molecule has 0 fully saturated rings. The minimum Gasteiger partial charge on any atom is -0.497 e. The van der Waals surface area contributed by atoms with Crippen molar-refractivity contribution < 1.29 is 9.47 Å². The molecule has 2 nitrogen and oxygen atoms in total. The summed E-state index contributed by atoms with van der Waals surface area (Å²) in [4.78, 5) is 0. The van der Waals surface area contributed by atoms with Gasteiger partial charge in [0.15, 0.2) is 0 Å². The summed E-state index contributed by atoms with van der Waals surface area (Å²) in [5, 5.41) is 2.58. The van der Waals surface area contributed by atoms with Crippen LogP contribution < -0.4 is 9.47 Å². The predicted molar refractivity (Wildman–Crippen MR) is 140 cm³/mol. The highest BCUT2D eigenvalue weighted by Gasteiger charge is 2.29. The fourth-order valence-corrected chi connectivity index (χ4v) is 5.65. The standard InChI is InChI=1S/C30H21BrO2/c1-32-21-13-9-18(10-14-21)25-17-26(31)28(20-11-15-22(33-2)16-12-20)30-24-8-4-6-19-5-3-7-23(27(19)24)29(25)30/h3-17H,1-2H3. The molecule has 0 amide bonds. The topological polar surface area (TPSA) is 18.5 Å². The van der Waals surface area contributed by atoms with Gasteiger partial charge in [-0.3, -0.25) is 0 Å². The van der Waals surface area contributed by atoms with Gasteiger partial charge in [-0.05, 0) is 80.0 Å². The minimum absolute atomic E-state index is 0.853. The summed E-state index contributed by atoms with van der Waals surface area (Å²) in [6, 6.07) is 32.1. The van der Waals surface area contributed by atoms with Gasteiger partial charge in [-0.1, -0.05) is 76.6 Å². The fraction of sp³-hybridized carbons (Fsp3) is 0.0667. The van der Waals surface area contributed by atoms with Crippen molar-refractivity contribution in [1.82, 2.24) is 0 Å². The molecule has 5 aromatic rings. The normalized spacial score (nSPS) is 11.5. The lowest BCUT2D eigenvalue weighted by molar-refractivity contribution is 0.415. The van der Waals surface area contributed by atoms with Crippen molar-refractivity contribution in [2.45, 2.75) is 0 Å². The molecule has 6 rings (SSSR count). The van der Waals surface area contributed by atoms with E-state index >= 15 is 0 Å². The van der Waals surface area contributed by atoms with Crippen LogP contribution in [0.25, 0.3) is 55.3 Å². The molecule has 1 aliphatic rings. The zero-order valence-electron chi connectivity index (χ0n) is 18.4. The molecule has 0 bridgehead atoms. The molecule has 3 heteroatoms. The Labute approximate surface area is 201 Å². The van der Waals surface area contributed by atoms with Gasteiger partial charge in [0.25, 0.3) is 0 Å². The Bertz CT molecular complexity index is 1510. The molecule has 0 atom stereocenters. The molecular weight excluding hydrogens is 472 g/mol. The molecule has 33 heavy (non-hydrogen) atoms. The largest absolute Gasteiger partial charge is 0.497 e. The van der Waals surface area contributed by atoms with E-state index in [1.54, 1.807) is 14.2 Å². The fourth-order valence-electron chi connectivity index (χ4n) is 5.00. The number of methoxy groups -OCH3 is 2. The van der Waals surface area contributed by atoms with Gasteiger partial charge >= 0.3 is 0 Å². The van der Waals surface area contributed by atoms with Gasteiger partial charge in [0.2, 0.25) is 0 Å². The Hall–Kier alpha value is -3.56. The molecule has 160 valence electrons. The van der Waals surface area contributed by atoms with Crippen LogP contribution in [0, 0.1) is 0 Å². The monoisotopic (exact) mass is 492 g/mol. The minimum atomic E-state index is 0.853. The van der Waals surface area contributed by atoms with Gasteiger partial charge in [0.05, 0.1) is 14.2 Å². The van der Waals surface area contributed by atoms with Crippen molar-refractivity contribution in [3.05, 3.63) is 95.5 Å². The van der Waals surface area contributed by atoms with Crippen molar-refractivity contribution in [3.63, 3.8) is 0 Å². The summed E-state index contributed by atoms with van der Waals surface area (Å²) in [5.74, 6) is 1.71. The highest BCUT2D eigenvalue weighted by atomic mass is 79.9.